The fourth-order valence-corrected chi connectivity index (χ4v) is 2.33. The van der Waals surface area contributed by atoms with E-state index in [1.165, 1.54) is 0 Å². The first-order valence-electron chi connectivity index (χ1n) is 6.73. The van der Waals surface area contributed by atoms with Crippen LogP contribution in [0, 0.1) is 0 Å². The van der Waals surface area contributed by atoms with Gasteiger partial charge in [-0.05, 0) is 51.8 Å². The standard InChI is InChI=1S/C17H17BrClNO2/c1-3-8-22-16-7-4-12(9-17(16)21-2)11-20-13-5-6-14(18)15(19)10-13/h3-7,9-10,20H,1,8,11H2,2H3. The first-order chi connectivity index (χ1) is 10.6. The van der Waals surface area contributed by atoms with E-state index in [2.05, 4.69) is 27.8 Å². The number of hydrogen-bond acceptors (Lipinski definition) is 3. The Balaban J connectivity index is 2.06. The minimum atomic E-state index is 0.450. The summed E-state index contributed by atoms with van der Waals surface area (Å²) in [6.45, 7) is 4.75. The maximum atomic E-state index is 6.08. The molecule has 3 nitrogen and oxygen atoms in total. The van der Waals surface area contributed by atoms with Crippen molar-refractivity contribution in [3.63, 3.8) is 0 Å². The van der Waals surface area contributed by atoms with Crippen molar-refractivity contribution in [2.45, 2.75) is 6.54 Å². The third-order valence-electron chi connectivity index (χ3n) is 3.00. The molecule has 0 aromatic heterocycles. The number of ether oxygens (including phenoxy) is 2. The number of nitrogens with one attached hydrogen (secondary N) is 1. The summed E-state index contributed by atoms with van der Waals surface area (Å²) in [6.07, 6.45) is 1.70. The molecule has 22 heavy (non-hydrogen) atoms. The van der Waals surface area contributed by atoms with Crippen LogP contribution in [0.2, 0.25) is 5.02 Å². The number of benzene rings is 2. The van der Waals surface area contributed by atoms with Gasteiger partial charge in [0.1, 0.15) is 6.61 Å². The predicted molar refractivity (Wildman–Crippen MR) is 95.2 cm³/mol. The Hall–Kier alpha value is -1.65. The Bertz CT molecular complexity index is 661. The lowest BCUT2D eigenvalue weighted by Gasteiger charge is -2.12. The van der Waals surface area contributed by atoms with Crippen LogP contribution in [0.3, 0.4) is 0 Å². The maximum Gasteiger partial charge on any atom is 0.161 e. The van der Waals surface area contributed by atoms with Gasteiger partial charge in [0.25, 0.3) is 0 Å². The van der Waals surface area contributed by atoms with E-state index in [1.807, 2.05) is 36.4 Å². The van der Waals surface area contributed by atoms with Gasteiger partial charge in [-0.25, -0.2) is 0 Å². The van der Waals surface area contributed by atoms with Crippen LogP contribution >= 0.6 is 27.5 Å². The minimum Gasteiger partial charge on any atom is -0.493 e. The van der Waals surface area contributed by atoms with Crippen molar-refractivity contribution in [3.8, 4) is 11.5 Å². The van der Waals surface area contributed by atoms with Gasteiger partial charge >= 0.3 is 0 Å². The van der Waals surface area contributed by atoms with Crippen molar-refractivity contribution in [3.05, 3.63) is 64.1 Å². The molecule has 0 aliphatic carbocycles. The molecule has 0 atom stereocenters. The highest BCUT2D eigenvalue weighted by Gasteiger charge is 2.06. The monoisotopic (exact) mass is 381 g/mol. The number of hydrogen-bond donors (Lipinski definition) is 1. The summed E-state index contributed by atoms with van der Waals surface area (Å²) in [4.78, 5) is 0. The maximum absolute atomic E-state index is 6.08. The zero-order valence-electron chi connectivity index (χ0n) is 12.2. The molecule has 0 spiro atoms. The molecule has 0 aliphatic heterocycles. The summed E-state index contributed by atoms with van der Waals surface area (Å²) in [5.74, 6) is 1.41. The predicted octanol–water partition coefficient (Wildman–Crippen LogP) is 5.29. The Morgan fingerprint density at radius 3 is 2.73 bits per heavy atom. The van der Waals surface area contributed by atoms with Gasteiger partial charge < -0.3 is 14.8 Å². The topological polar surface area (TPSA) is 30.5 Å². The molecule has 1 N–H and O–H groups in total. The molecule has 5 heteroatoms. The quantitative estimate of drug-likeness (QED) is 0.660. The van der Waals surface area contributed by atoms with Gasteiger partial charge in [-0.3, -0.25) is 0 Å². The molecule has 0 bridgehead atoms. The summed E-state index contributed by atoms with van der Waals surface area (Å²) in [7, 11) is 1.63. The molecule has 116 valence electrons. The molecule has 0 unspecified atom stereocenters. The van der Waals surface area contributed by atoms with Crippen LogP contribution in [0.25, 0.3) is 0 Å². The van der Waals surface area contributed by atoms with Crippen molar-refractivity contribution in [2.24, 2.45) is 0 Å². The van der Waals surface area contributed by atoms with Crippen LogP contribution in [0.5, 0.6) is 11.5 Å². The van der Waals surface area contributed by atoms with Crippen LogP contribution in [0.1, 0.15) is 5.56 Å². The average molecular weight is 383 g/mol. The third-order valence-corrected chi connectivity index (χ3v) is 4.23. The first kappa shape index (κ1) is 16.7. The molecule has 2 aromatic rings. The molecule has 0 radical (unpaired) electrons. The van der Waals surface area contributed by atoms with Gasteiger partial charge in [0.05, 0.1) is 12.1 Å². The molecule has 0 aliphatic rings. The Labute approximate surface area is 144 Å². The van der Waals surface area contributed by atoms with Crippen molar-refractivity contribution in [1.82, 2.24) is 0 Å². The van der Waals surface area contributed by atoms with Crippen molar-refractivity contribution in [1.29, 1.82) is 0 Å². The van der Waals surface area contributed by atoms with Crippen LogP contribution in [-0.2, 0) is 6.54 Å². The van der Waals surface area contributed by atoms with E-state index in [9.17, 15) is 0 Å². The smallest absolute Gasteiger partial charge is 0.161 e. The molecule has 0 heterocycles. The van der Waals surface area contributed by atoms with E-state index in [0.717, 1.165) is 15.7 Å². The molecule has 0 saturated heterocycles. The Morgan fingerprint density at radius 2 is 2.05 bits per heavy atom. The van der Waals surface area contributed by atoms with E-state index in [4.69, 9.17) is 21.1 Å². The van der Waals surface area contributed by atoms with Crippen LogP contribution in [0.4, 0.5) is 5.69 Å². The Kier molecular flexibility index (Phi) is 6.16. The van der Waals surface area contributed by atoms with Crippen LogP contribution < -0.4 is 14.8 Å². The molecule has 2 aromatic carbocycles. The zero-order chi connectivity index (χ0) is 15.9. The summed E-state index contributed by atoms with van der Waals surface area (Å²) >= 11 is 9.46. The van der Waals surface area contributed by atoms with E-state index in [0.29, 0.717) is 29.7 Å². The summed E-state index contributed by atoms with van der Waals surface area (Å²) in [5, 5.41) is 4.00. The summed E-state index contributed by atoms with van der Waals surface area (Å²) < 4.78 is 11.8. The van der Waals surface area contributed by atoms with Gasteiger partial charge in [-0.2, -0.15) is 0 Å². The summed E-state index contributed by atoms with van der Waals surface area (Å²) in [6, 6.07) is 11.6. The lowest BCUT2D eigenvalue weighted by atomic mass is 10.2. The van der Waals surface area contributed by atoms with E-state index in [1.54, 1.807) is 13.2 Å². The molecule has 2 rings (SSSR count). The lowest BCUT2D eigenvalue weighted by Crippen LogP contribution is -2.01. The number of methoxy groups -OCH3 is 1. The second-order valence-electron chi connectivity index (χ2n) is 4.57. The second-order valence-corrected chi connectivity index (χ2v) is 5.83. The number of rotatable bonds is 7. The highest BCUT2D eigenvalue weighted by Crippen LogP contribution is 2.29. The molecule has 0 amide bonds. The molecular weight excluding hydrogens is 366 g/mol. The number of halogens is 2. The highest BCUT2D eigenvalue weighted by molar-refractivity contribution is 9.10. The van der Waals surface area contributed by atoms with E-state index >= 15 is 0 Å². The lowest BCUT2D eigenvalue weighted by molar-refractivity contribution is 0.326. The largest absolute Gasteiger partial charge is 0.493 e. The normalized spacial score (nSPS) is 10.1. The van der Waals surface area contributed by atoms with Gasteiger partial charge in [0.15, 0.2) is 11.5 Å². The first-order valence-corrected chi connectivity index (χ1v) is 7.90. The van der Waals surface area contributed by atoms with Crippen molar-refractivity contribution >= 4 is 33.2 Å². The van der Waals surface area contributed by atoms with Gasteiger partial charge in [0.2, 0.25) is 0 Å². The fraction of sp³-hybridized carbons (Fsp3) is 0.176. The summed E-state index contributed by atoms with van der Waals surface area (Å²) in [5.41, 5.74) is 2.04. The van der Waals surface area contributed by atoms with E-state index in [-0.39, 0.29) is 0 Å². The van der Waals surface area contributed by atoms with Crippen molar-refractivity contribution in [2.75, 3.05) is 19.0 Å². The molecular formula is C17H17BrClNO2. The molecule has 0 saturated carbocycles. The molecule has 0 fully saturated rings. The van der Waals surface area contributed by atoms with Gasteiger partial charge in [-0.1, -0.05) is 30.3 Å². The van der Waals surface area contributed by atoms with Crippen LogP contribution in [0.15, 0.2) is 53.5 Å². The highest BCUT2D eigenvalue weighted by atomic mass is 79.9. The SMILES string of the molecule is C=CCOc1ccc(CNc2ccc(Br)c(Cl)c2)cc1OC. The average Bonchev–Trinajstić information content (AvgIpc) is 2.54. The van der Waals surface area contributed by atoms with Crippen molar-refractivity contribution < 1.29 is 9.47 Å². The Morgan fingerprint density at radius 1 is 1.23 bits per heavy atom. The number of anilines is 1. The van der Waals surface area contributed by atoms with Crippen LogP contribution in [-0.4, -0.2) is 13.7 Å². The third kappa shape index (κ3) is 4.42. The zero-order valence-corrected chi connectivity index (χ0v) is 14.6. The van der Waals surface area contributed by atoms with Gasteiger partial charge in [0, 0.05) is 16.7 Å². The minimum absolute atomic E-state index is 0.450. The van der Waals surface area contributed by atoms with E-state index < -0.39 is 0 Å². The second kappa shape index (κ2) is 8.11. The fourth-order valence-electron chi connectivity index (χ4n) is 1.90. The van der Waals surface area contributed by atoms with Gasteiger partial charge in [-0.15, -0.1) is 0 Å².